The number of aliphatic hydroxyl groups excluding tert-OH is 1. The van der Waals surface area contributed by atoms with Crippen LogP contribution in [0.25, 0.3) is 0 Å². The Labute approximate surface area is 98.4 Å². The molecule has 84 valence electrons. The van der Waals surface area contributed by atoms with Gasteiger partial charge in [0.1, 0.15) is 6.10 Å². The van der Waals surface area contributed by atoms with E-state index in [0.717, 1.165) is 10.4 Å². The highest BCUT2D eigenvalue weighted by molar-refractivity contribution is 7.10. The van der Waals surface area contributed by atoms with E-state index in [1.807, 2.05) is 24.4 Å². The van der Waals surface area contributed by atoms with E-state index >= 15 is 0 Å². The number of hydrogen-bond donors (Lipinski definition) is 1. The molecule has 2 aromatic rings. The first-order valence-electron chi connectivity index (χ1n) is 4.95. The average Bonchev–Trinajstić information content (AvgIpc) is 2.74. The molecule has 1 unspecified atom stereocenters. The molecular weight excluding hydrogens is 222 g/mol. The molecule has 0 aliphatic carbocycles. The van der Waals surface area contributed by atoms with Gasteiger partial charge in [-0.2, -0.15) is 0 Å². The molecule has 2 heterocycles. The SMILES string of the molecule is COc1cccc(C(O)c2ccsc2C)n1. The third kappa shape index (κ3) is 2.08. The van der Waals surface area contributed by atoms with Gasteiger partial charge in [0.2, 0.25) is 5.88 Å². The molecule has 0 fully saturated rings. The maximum Gasteiger partial charge on any atom is 0.213 e. The Morgan fingerprint density at radius 1 is 1.38 bits per heavy atom. The second kappa shape index (κ2) is 4.63. The second-order valence-corrected chi connectivity index (χ2v) is 4.56. The fourth-order valence-corrected chi connectivity index (χ4v) is 2.27. The van der Waals surface area contributed by atoms with Crippen LogP contribution in [-0.4, -0.2) is 17.2 Å². The lowest BCUT2D eigenvalue weighted by Gasteiger charge is -2.10. The molecule has 1 atom stereocenters. The molecule has 0 saturated heterocycles. The molecule has 0 aromatic carbocycles. The van der Waals surface area contributed by atoms with Crippen LogP contribution in [0.1, 0.15) is 22.2 Å². The minimum Gasteiger partial charge on any atom is -0.481 e. The second-order valence-electron chi connectivity index (χ2n) is 3.44. The zero-order chi connectivity index (χ0) is 11.5. The zero-order valence-corrected chi connectivity index (χ0v) is 9.99. The fraction of sp³-hybridized carbons (Fsp3) is 0.250. The van der Waals surface area contributed by atoms with Gasteiger partial charge in [-0.25, -0.2) is 4.98 Å². The highest BCUT2D eigenvalue weighted by Crippen LogP contribution is 2.27. The standard InChI is InChI=1S/C12H13NO2S/c1-8-9(6-7-16-8)12(14)10-4-3-5-11(13-10)15-2/h3-7,12,14H,1-2H3. The molecule has 0 amide bonds. The molecular formula is C12H13NO2S. The van der Waals surface area contributed by atoms with Crippen molar-refractivity contribution in [3.8, 4) is 5.88 Å². The Kier molecular flexibility index (Phi) is 3.22. The molecule has 0 aliphatic rings. The molecule has 0 bridgehead atoms. The van der Waals surface area contributed by atoms with E-state index in [1.54, 1.807) is 30.6 Å². The Hall–Kier alpha value is -1.39. The van der Waals surface area contributed by atoms with E-state index in [0.29, 0.717) is 11.6 Å². The molecule has 0 saturated carbocycles. The summed E-state index contributed by atoms with van der Waals surface area (Å²) in [7, 11) is 1.56. The van der Waals surface area contributed by atoms with Gasteiger partial charge in [0, 0.05) is 16.5 Å². The van der Waals surface area contributed by atoms with Crippen molar-refractivity contribution in [1.29, 1.82) is 0 Å². The summed E-state index contributed by atoms with van der Waals surface area (Å²) in [4.78, 5) is 5.33. The van der Waals surface area contributed by atoms with Gasteiger partial charge in [0.05, 0.1) is 12.8 Å². The first-order chi connectivity index (χ1) is 7.72. The van der Waals surface area contributed by atoms with Gasteiger partial charge in [0.25, 0.3) is 0 Å². The third-order valence-electron chi connectivity index (χ3n) is 2.43. The molecule has 2 rings (SSSR count). The van der Waals surface area contributed by atoms with Crippen LogP contribution >= 0.6 is 11.3 Å². The van der Waals surface area contributed by atoms with Crippen LogP contribution in [0.4, 0.5) is 0 Å². The van der Waals surface area contributed by atoms with E-state index in [2.05, 4.69) is 4.98 Å². The van der Waals surface area contributed by atoms with Crippen molar-refractivity contribution >= 4 is 11.3 Å². The minimum absolute atomic E-state index is 0.518. The van der Waals surface area contributed by atoms with Crippen molar-refractivity contribution < 1.29 is 9.84 Å². The van der Waals surface area contributed by atoms with Crippen molar-refractivity contribution in [3.05, 3.63) is 45.8 Å². The van der Waals surface area contributed by atoms with Crippen LogP contribution in [0.2, 0.25) is 0 Å². The smallest absolute Gasteiger partial charge is 0.213 e. The Morgan fingerprint density at radius 3 is 2.81 bits per heavy atom. The van der Waals surface area contributed by atoms with Gasteiger partial charge < -0.3 is 9.84 Å². The molecule has 0 aliphatic heterocycles. The minimum atomic E-state index is -0.679. The van der Waals surface area contributed by atoms with Crippen LogP contribution < -0.4 is 4.74 Å². The van der Waals surface area contributed by atoms with E-state index in [4.69, 9.17) is 4.74 Å². The fourth-order valence-electron chi connectivity index (χ4n) is 1.53. The number of aromatic nitrogens is 1. The van der Waals surface area contributed by atoms with Crippen molar-refractivity contribution in [2.45, 2.75) is 13.0 Å². The van der Waals surface area contributed by atoms with Gasteiger partial charge in [-0.05, 0) is 24.4 Å². The summed E-state index contributed by atoms with van der Waals surface area (Å²) >= 11 is 1.62. The van der Waals surface area contributed by atoms with Gasteiger partial charge in [-0.3, -0.25) is 0 Å². The quantitative estimate of drug-likeness (QED) is 0.889. The summed E-state index contributed by atoms with van der Waals surface area (Å²) in [6, 6.07) is 7.30. The van der Waals surface area contributed by atoms with E-state index in [-0.39, 0.29) is 0 Å². The maximum absolute atomic E-state index is 10.2. The molecule has 4 heteroatoms. The lowest BCUT2D eigenvalue weighted by molar-refractivity contribution is 0.213. The predicted octanol–water partition coefficient (Wildman–Crippen LogP) is 2.54. The number of aliphatic hydroxyl groups is 1. The molecule has 0 spiro atoms. The van der Waals surface area contributed by atoms with Gasteiger partial charge in [-0.1, -0.05) is 6.07 Å². The van der Waals surface area contributed by atoms with Gasteiger partial charge in [0.15, 0.2) is 0 Å². The van der Waals surface area contributed by atoms with Crippen molar-refractivity contribution in [1.82, 2.24) is 4.98 Å². The summed E-state index contributed by atoms with van der Waals surface area (Å²) in [6.45, 7) is 1.99. The lowest BCUT2D eigenvalue weighted by Crippen LogP contribution is -2.03. The van der Waals surface area contributed by atoms with E-state index < -0.39 is 6.10 Å². The summed E-state index contributed by atoms with van der Waals surface area (Å²) in [5.41, 5.74) is 1.52. The number of nitrogens with zero attached hydrogens (tertiary/aromatic N) is 1. The number of rotatable bonds is 3. The largest absolute Gasteiger partial charge is 0.481 e. The number of methoxy groups -OCH3 is 1. The molecule has 3 nitrogen and oxygen atoms in total. The predicted molar refractivity (Wildman–Crippen MR) is 63.9 cm³/mol. The summed E-state index contributed by atoms with van der Waals surface area (Å²) in [6.07, 6.45) is -0.679. The highest BCUT2D eigenvalue weighted by Gasteiger charge is 2.15. The number of thiophene rings is 1. The van der Waals surface area contributed by atoms with Crippen molar-refractivity contribution in [3.63, 3.8) is 0 Å². The van der Waals surface area contributed by atoms with Crippen LogP contribution in [0.5, 0.6) is 5.88 Å². The van der Waals surface area contributed by atoms with Crippen LogP contribution in [0, 0.1) is 6.92 Å². The Morgan fingerprint density at radius 2 is 2.19 bits per heavy atom. The van der Waals surface area contributed by atoms with Crippen LogP contribution in [0.15, 0.2) is 29.6 Å². The van der Waals surface area contributed by atoms with E-state index in [9.17, 15) is 5.11 Å². The highest BCUT2D eigenvalue weighted by atomic mass is 32.1. The number of aryl methyl sites for hydroxylation is 1. The molecule has 16 heavy (non-hydrogen) atoms. The lowest BCUT2D eigenvalue weighted by atomic mass is 10.1. The van der Waals surface area contributed by atoms with Gasteiger partial charge in [-0.15, -0.1) is 11.3 Å². The number of hydrogen-bond acceptors (Lipinski definition) is 4. The topological polar surface area (TPSA) is 42.4 Å². The van der Waals surface area contributed by atoms with Crippen LogP contribution in [-0.2, 0) is 0 Å². The first kappa shape index (κ1) is 11.1. The van der Waals surface area contributed by atoms with Gasteiger partial charge >= 0.3 is 0 Å². The first-order valence-corrected chi connectivity index (χ1v) is 5.83. The van der Waals surface area contributed by atoms with E-state index in [1.165, 1.54) is 0 Å². The average molecular weight is 235 g/mol. The summed E-state index contributed by atoms with van der Waals surface area (Å²) in [5, 5.41) is 12.1. The van der Waals surface area contributed by atoms with Crippen molar-refractivity contribution in [2.75, 3.05) is 7.11 Å². The molecule has 0 radical (unpaired) electrons. The summed E-state index contributed by atoms with van der Waals surface area (Å²) in [5.74, 6) is 0.518. The number of pyridine rings is 1. The summed E-state index contributed by atoms with van der Waals surface area (Å²) < 4.78 is 5.03. The monoisotopic (exact) mass is 235 g/mol. The third-order valence-corrected chi connectivity index (χ3v) is 3.29. The van der Waals surface area contributed by atoms with Crippen LogP contribution in [0.3, 0.4) is 0 Å². The normalized spacial score (nSPS) is 12.4. The number of ether oxygens (including phenoxy) is 1. The maximum atomic E-state index is 10.2. The zero-order valence-electron chi connectivity index (χ0n) is 9.18. The molecule has 2 aromatic heterocycles. The Bertz CT molecular complexity index is 481. The van der Waals surface area contributed by atoms with Crippen molar-refractivity contribution in [2.24, 2.45) is 0 Å². The molecule has 1 N–H and O–H groups in total. The Balaban J connectivity index is 2.33.